The lowest BCUT2D eigenvalue weighted by Gasteiger charge is -2.18. The van der Waals surface area contributed by atoms with E-state index in [1.165, 1.54) is 0 Å². The first-order valence-electron chi connectivity index (χ1n) is 8.19. The van der Waals surface area contributed by atoms with Crippen LogP contribution in [0, 0.1) is 11.6 Å². The van der Waals surface area contributed by atoms with Crippen LogP contribution in [0.2, 0.25) is 0 Å². The van der Waals surface area contributed by atoms with E-state index in [1.54, 1.807) is 24.3 Å². The van der Waals surface area contributed by atoms with E-state index in [1.807, 2.05) is 0 Å². The van der Waals surface area contributed by atoms with Crippen LogP contribution in [0.5, 0.6) is 11.5 Å². The van der Waals surface area contributed by atoms with Gasteiger partial charge in [0.2, 0.25) is 5.91 Å². The van der Waals surface area contributed by atoms with Crippen LogP contribution >= 0.6 is 0 Å². The maximum Gasteiger partial charge on any atom is 0.230 e. The number of benzene rings is 2. The summed E-state index contributed by atoms with van der Waals surface area (Å²) in [7, 11) is 0. The molecule has 2 aromatic carbocycles. The molecule has 0 unspecified atom stereocenters. The molecule has 0 saturated carbocycles. The first-order valence-corrected chi connectivity index (χ1v) is 8.19. The topological polar surface area (TPSA) is 73.6 Å². The number of amides is 1. The van der Waals surface area contributed by atoms with Crippen LogP contribution in [0.3, 0.4) is 0 Å². The minimum Gasteiger partial charge on any atom is -0.486 e. The molecule has 0 atom stereocenters. The van der Waals surface area contributed by atoms with Crippen LogP contribution in [0.25, 0.3) is 11.3 Å². The van der Waals surface area contributed by atoms with E-state index < -0.39 is 17.5 Å². The largest absolute Gasteiger partial charge is 0.486 e. The van der Waals surface area contributed by atoms with E-state index >= 15 is 0 Å². The normalized spacial score (nSPS) is 12.7. The number of hydrogen-bond donors (Lipinski definition) is 1. The number of fused-ring (bicyclic) bond motifs is 1. The SMILES string of the molecule is O=C(Cc1cc(-c2ccc3c(c2)OCCO3)on1)Nc1ccc(F)cc1F. The number of nitrogens with one attached hydrogen (secondary N) is 1. The zero-order valence-electron chi connectivity index (χ0n) is 14.0. The molecule has 3 aromatic rings. The van der Waals surface area contributed by atoms with E-state index in [-0.39, 0.29) is 12.1 Å². The van der Waals surface area contributed by atoms with Crippen molar-refractivity contribution in [2.75, 3.05) is 18.5 Å². The summed E-state index contributed by atoms with van der Waals surface area (Å²) in [4.78, 5) is 12.1. The Morgan fingerprint density at radius 1 is 1.04 bits per heavy atom. The summed E-state index contributed by atoms with van der Waals surface area (Å²) in [6.45, 7) is 0.973. The van der Waals surface area contributed by atoms with Gasteiger partial charge >= 0.3 is 0 Å². The fourth-order valence-corrected chi connectivity index (χ4v) is 2.68. The summed E-state index contributed by atoms with van der Waals surface area (Å²) in [5, 5.41) is 6.24. The second-order valence-electron chi connectivity index (χ2n) is 5.89. The molecule has 27 heavy (non-hydrogen) atoms. The predicted molar refractivity (Wildman–Crippen MR) is 91.6 cm³/mol. The van der Waals surface area contributed by atoms with Gasteiger partial charge in [0.25, 0.3) is 0 Å². The Balaban J connectivity index is 1.45. The Bertz CT molecular complexity index is 1000. The quantitative estimate of drug-likeness (QED) is 0.758. The van der Waals surface area contributed by atoms with Gasteiger partial charge in [-0.15, -0.1) is 0 Å². The van der Waals surface area contributed by atoms with Crippen LogP contribution < -0.4 is 14.8 Å². The molecule has 0 fully saturated rings. The van der Waals surface area contributed by atoms with Crippen LogP contribution in [0.1, 0.15) is 5.69 Å². The van der Waals surface area contributed by atoms with Crippen LogP contribution in [-0.2, 0) is 11.2 Å². The van der Waals surface area contributed by atoms with Crippen molar-refractivity contribution in [3.05, 3.63) is 59.8 Å². The summed E-state index contributed by atoms with van der Waals surface area (Å²) in [6.07, 6.45) is -0.120. The summed E-state index contributed by atoms with van der Waals surface area (Å²) in [6, 6.07) is 9.88. The molecule has 8 heteroatoms. The zero-order valence-corrected chi connectivity index (χ0v) is 14.0. The molecule has 1 aliphatic heterocycles. The smallest absolute Gasteiger partial charge is 0.230 e. The van der Waals surface area contributed by atoms with E-state index in [4.69, 9.17) is 14.0 Å². The number of nitrogens with zero attached hydrogens (tertiary/aromatic N) is 1. The van der Waals surface area contributed by atoms with Gasteiger partial charge in [0.1, 0.15) is 24.8 Å². The van der Waals surface area contributed by atoms with Gasteiger partial charge in [0.05, 0.1) is 17.8 Å². The number of carbonyl (C=O) groups is 1. The fourth-order valence-electron chi connectivity index (χ4n) is 2.68. The number of ether oxygens (including phenoxy) is 2. The molecule has 0 bridgehead atoms. The van der Waals surface area contributed by atoms with Gasteiger partial charge in [0, 0.05) is 17.7 Å². The maximum atomic E-state index is 13.6. The monoisotopic (exact) mass is 372 g/mol. The molecule has 0 saturated heterocycles. The molecular formula is C19H14F2N2O4. The summed E-state index contributed by atoms with van der Waals surface area (Å²) in [5.74, 6) is -0.330. The van der Waals surface area contributed by atoms with E-state index in [9.17, 15) is 13.6 Å². The standard InChI is InChI=1S/C19H14F2N2O4/c20-12-2-3-15(14(21)8-12)22-19(24)10-13-9-17(27-23-13)11-1-4-16-18(7-11)26-6-5-25-16/h1-4,7-9H,5-6,10H2,(H,22,24). The lowest BCUT2D eigenvalue weighted by Crippen LogP contribution is -2.15. The molecule has 0 spiro atoms. The highest BCUT2D eigenvalue weighted by molar-refractivity contribution is 5.92. The molecule has 0 radical (unpaired) electrons. The summed E-state index contributed by atoms with van der Waals surface area (Å²) in [5.41, 5.74) is 1.000. The first kappa shape index (κ1) is 17.0. The van der Waals surface area contributed by atoms with Gasteiger partial charge in [-0.05, 0) is 30.3 Å². The third-order valence-electron chi connectivity index (χ3n) is 3.93. The van der Waals surface area contributed by atoms with Crippen LogP contribution in [0.15, 0.2) is 47.0 Å². The third kappa shape index (κ3) is 3.74. The average molecular weight is 372 g/mol. The van der Waals surface area contributed by atoms with E-state index in [0.29, 0.717) is 42.2 Å². The molecule has 138 valence electrons. The van der Waals surface area contributed by atoms with Crippen LogP contribution in [-0.4, -0.2) is 24.3 Å². The number of aromatic nitrogens is 1. The van der Waals surface area contributed by atoms with Gasteiger partial charge in [-0.2, -0.15) is 0 Å². The van der Waals surface area contributed by atoms with Crippen molar-refractivity contribution in [3.8, 4) is 22.8 Å². The van der Waals surface area contributed by atoms with Gasteiger partial charge in [-0.25, -0.2) is 8.78 Å². The lowest BCUT2D eigenvalue weighted by molar-refractivity contribution is -0.115. The lowest BCUT2D eigenvalue weighted by atomic mass is 10.1. The Morgan fingerprint density at radius 3 is 2.67 bits per heavy atom. The summed E-state index contributed by atoms with van der Waals surface area (Å²) < 4.78 is 42.8. The maximum absolute atomic E-state index is 13.6. The van der Waals surface area contributed by atoms with Crippen molar-refractivity contribution in [2.45, 2.75) is 6.42 Å². The molecule has 1 aromatic heterocycles. The first-order chi connectivity index (χ1) is 13.1. The van der Waals surface area contributed by atoms with Crippen LogP contribution in [0.4, 0.5) is 14.5 Å². The molecule has 0 aliphatic carbocycles. The number of halogens is 2. The number of carbonyl (C=O) groups excluding carboxylic acids is 1. The highest BCUT2D eigenvalue weighted by Gasteiger charge is 2.16. The zero-order chi connectivity index (χ0) is 18.8. The molecule has 2 heterocycles. The van der Waals surface area contributed by atoms with Crippen molar-refractivity contribution in [1.29, 1.82) is 0 Å². The Labute approximate surface area is 152 Å². The van der Waals surface area contributed by atoms with Crippen molar-refractivity contribution in [2.24, 2.45) is 0 Å². The fraction of sp³-hybridized carbons (Fsp3) is 0.158. The van der Waals surface area contributed by atoms with Gasteiger partial charge in [-0.3, -0.25) is 4.79 Å². The van der Waals surface area contributed by atoms with Gasteiger partial charge < -0.3 is 19.3 Å². The number of hydrogen-bond acceptors (Lipinski definition) is 5. The predicted octanol–water partition coefficient (Wildman–Crippen LogP) is 3.57. The van der Waals surface area contributed by atoms with E-state index in [0.717, 1.165) is 17.7 Å². The van der Waals surface area contributed by atoms with Gasteiger partial charge in [0.15, 0.2) is 17.3 Å². The van der Waals surface area contributed by atoms with Crippen molar-refractivity contribution < 1.29 is 27.6 Å². The molecule has 4 rings (SSSR count). The number of rotatable bonds is 4. The van der Waals surface area contributed by atoms with Crippen molar-refractivity contribution >= 4 is 11.6 Å². The summed E-state index contributed by atoms with van der Waals surface area (Å²) >= 11 is 0. The Kier molecular flexibility index (Phi) is 4.45. The second-order valence-corrected chi connectivity index (χ2v) is 5.89. The molecule has 1 N–H and O–H groups in total. The van der Waals surface area contributed by atoms with Crippen molar-refractivity contribution in [3.63, 3.8) is 0 Å². The second kappa shape index (κ2) is 7.06. The number of anilines is 1. The molecular weight excluding hydrogens is 358 g/mol. The van der Waals surface area contributed by atoms with Gasteiger partial charge in [-0.1, -0.05) is 5.16 Å². The van der Waals surface area contributed by atoms with Crippen molar-refractivity contribution in [1.82, 2.24) is 5.16 Å². The van der Waals surface area contributed by atoms with E-state index in [2.05, 4.69) is 10.5 Å². The third-order valence-corrected chi connectivity index (χ3v) is 3.93. The molecule has 6 nitrogen and oxygen atoms in total. The average Bonchev–Trinajstić information content (AvgIpc) is 3.12. The highest BCUT2D eigenvalue weighted by Crippen LogP contribution is 2.34. The minimum atomic E-state index is -0.847. The molecule has 1 amide bonds. The highest BCUT2D eigenvalue weighted by atomic mass is 19.1. The Morgan fingerprint density at radius 2 is 1.85 bits per heavy atom. The molecule has 1 aliphatic rings. The Hall–Kier alpha value is -3.42. The minimum absolute atomic E-state index is 0.100.